The molecule has 0 spiro atoms. The normalized spacial score (nSPS) is 14.6. The number of carbonyl (C=O) groups excluding carboxylic acids is 1. The van der Waals surface area contributed by atoms with E-state index in [0.29, 0.717) is 37.7 Å². The van der Waals surface area contributed by atoms with Crippen LogP contribution >= 0.6 is 0 Å². The van der Waals surface area contributed by atoms with E-state index in [0.717, 1.165) is 24.2 Å². The summed E-state index contributed by atoms with van der Waals surface area (Å²) in [6, 6.07) is 12.2. The number of non-ortho nitro benzene ring substituents is 1. The third-order valence-corrected chi connectivity index (χ3v) is 5.12. The van der Waals surface area contributed by atoms with Gasteiger partial charge in [-0.2, -0.15) is 0 Å². The van der Waals surface area contributed by atoms with E-state index >= 15 is 0 Å². The Morgan fingerprint density at radius 3 is 2.58 bits per heavy atom. The molecule has 1 heterocycles. The van der Waals surface area contributed by atoms with Gasteiger partial charge in [-0.1, -0.05) is 18.2 Å². The van der Waals surface area contributed by atoms with Crippen LogP contribution in [0.5, 0.6) is 11.5 Å². The van der Waals surface area contributed by atoms with E-state index in [1.54, 1.807) is 31.4 Å². The first-order valence-electron chi connectivity index (χ1n) is 10.2. The Labute approximate surface area is 181 Å². The molecule has 2 aromatic rings. The van der Waals surface area contributed by atoms with Crippen LogP contribution in [0.1, 0.15) is 18.1 Å². The second-order valence-corrected chi connectivity index (χ2v) is 7.21. The number of rotatable bonds is 8. The highest BCUT2D eigenvalue weighted by molar-refractivity contribution is 5.92. The number of nitro benzene ring substituents is 1. The Hall–Kier alpha value is -3.39. The zero-order valence-electron chi connectivity index (χ0n) is 17.8. The number of carbonyl (C=O) groups is 1. The molecular formula is C23H27N3O5. The van der Waals surface area contributed by atoms with Gasteiger partial charge >= 0.3 is 0 Å². The molecule has 0 aromatic heterocycles. The fourth-order valence-electron chi connectivity index (χ4n) is 3.49. The van der Waals surface area contributed by atoms with Gasteiger partial charge in [0, 0.05) is 50.9 Å². The highest BCUT2D eigenvalue weighted by Gasteiger charge is 2.20. The standard InChI is InChI=1S/C23H27N3O5/c1-3-31-21-9-7-18(16-22(21)30-2)8-10-23(27)25-13-11-24(12-14-25)17-19-5-4-6-20(15-19)26(28)29/h4-10,15-16H,3,11-14,17H2,1-2H3/b10-8+. The summed E-state index contributed by atoms with van der Waals surface area (Å²) >= 11 is 0. The number of piperazine rings is 1. The second-order valence-electron chi connectivity index (χ2n) is 7.21. The smallest absolute Gasteiger partial charge is 0.269 e. The van der Waals surface area contributed by atoms with Crippen LogP contribution in [-0.2, 0) is 11.3 Å². The lowest BCUT2D eigenvalue weighted by Crippen LogP contribution is -2.47. The van der Waals surface area contributed by atoms with Gasteiger partial charge in [-0.15, -0.1) is 0 Å². The molecule has 2 aromatic carbocycles. The molecule has 1 aliphatic rings. The predicted molar refractivity (Wildman–Crippen MR) is 118 cm³/mol. The SMILES string of the molecule is CCOc1ccc(/C=C/C(=O)N2CCN(Cc3cccc([N+](=O)[O-])c3)CC2)cc1OC. The van der Waals surface area contributed by atoms with Crippen LogP contribution in [0.4, 0.5) is 5.69 Å². The van der Waals surface area contributed by atoms with E-state index in [9.17, 15) is 14.9 Å². The first-order valence-corrected chi connectivity index (χ1v) is 10.2. The summed E-state index contributed by atoms with van der Waals surface area (Å²) in [6.45, 7) is 5.77. The lowest BCUT2D eigenvalue weighted by atomic mass is 10.1. The third kappa shape index (κ3) is 6.05. The molecule has 8 heteroatoms. The molecule has 3 rings (SSSR count). The van der Waals surface area contributed by atoms with Crippen LogP contribution in [0.15, 0.2) is 48.5 Å². The molecule has 0 unspecified atom stereocenters. The summed E-state index contributed by atoms with van der Waals surface area (Å²) in [7, 11) is 1.59. The molecule has 0 aliphatic carbocycles. The molecule has 1 aliphatic heterocycles. The molecule has 1 fully saturated rings. The minimum absolute atomic E-state index is 0.0390. The number of nitro groups is 1. The maximum Gasteiger partial charge on any atom is 0.269 e. The average Bonchev–Trinajstić information content (AvgIpc) is 2.79. The number of nitrogens with zero attached hydrogens (tertiary/aromatic N) is 3. The van der Waals surface area contributed by atoms with Crippen LogP contribution in [0.3, 0.4) is 0 Å². The topological polar surface area (TPSA) is 85.2 Å². The van der Waals surface area contributed by atoms with Gasteiger partial charge in [0.15, 0.2) is 11.5 Å². The van der Waals surface area contributed by atoms with Gasteiger partial charge in [0.2, 0.25) is 5.91 Å². The zero-order chi connectivity index (χ0) is 22.2. The van der Waals surface area contributed by atoms with Crippen LogP contribution in [0, 0.1) is 10.1 Å². The summed E-state index contributed by atoms with van der Waals surface area (Å²) in [6.07, 6.45) is 3.35. The summed E-state index contributed by atoms with van der Waals surface area (Å²) in [4.78, 5) is 27.1. The van der Waals surface area contributed by atoms with Crippen LogP contribution in [0.2, 0.25) is 0 Å². The maximum absolute atomic E-state index is 12.6. The Morgan fingerprint density at radius 2 is 1.90 bits per heavy atom. The van der Waals surface area contributed by atoms with Gasteiger partial charge in [0.1, 0.15) is 0 Å². The molecule has 1 amide bonds. The predicted octanol–water partition coefficient (Wildman–Crippen LogP) is 3.36. The monoisotopic (exact) mass is 425 g/mol. The van der Waals surface area contributed by atoms with Crippen molar-refractivity contribution in [1.29, 1.82) is 0 Å². The number of hydrogen-bond acceptors (Lipinski definition) is 6. The van der Waals surface area contributed by atoms with Crippen molar-refractivity contribution in [2.24, 2.45) is 0 Å². The number of hydrogen-bond donors (Lipinski definition) is 0. The van der Waals surface area contributed by atoms with Crippen LogP contribution in [-0.4, -0.2) is 60.5 Å². The van der Waals surface area contributed by atoms with Gasteiger partial charge in [0.05, 0.1) is 18.6 Å². The largest absolute Gasteiger partial charge is 0.493 e. The maximum atomic E-state index is 12.6. The fourth-order valence-corrected chi connectivity index (χ4v) is 3.49. The van der Waals surface area contributed by atoms with Crippen molar-refractivity contribution < 1.29 is 19.2 Å². The lowest BCUT2D eigenvalue weighted by molar-refractivity contribution is -0.384. The Balaban J connectivity index is 1.53. The Kier molecular flexibility index (Phi) is 7.61. The number of ether oxygens (including phenoxy) is 2. The summed E-state index contributed by atoms with van der Waals surface area (Å²) in [5, 5.41) is 10.9. The summed E-state index contributed by atoms with van der Waals surface area (Å²) < 4.78 is 10.9. The molecule has 164 valence electrons. The van der Waals surface area contributed by atoms with E-state index in [4.69, 9.17) is 9.47 Å². The van der Waals surface area contributed by atoms with E-state index in [-0.39, 0.29) is 16.5 Å². The Morgan fingerprint density at radius 1 is 1.13 bits per heavy atom. The molecule has 31 heavy (non-hydrogen) atoms. The molecule has 1 saturated heterocycles. The highest BCUT2D eigenvalue weighted by atomic mass is 16.6. The quantitative estimate of drug-likeness (QED) is 0.366. The number of benzene rings is 2. The number of methoxy groups -OCH3 is 1. The molecule has 0 saturated carbocycles. The van der Waals surface area contributed by atoms with E-state index in [2.05, 4.69) is 4.90 Å². The molecule has 0 radical (unpaired) electrons. The zero-order valence-corrected chi connectivity index (χ0v) is 17.8. The second kappa shape index (κ2) is 10.6. The van der Waals surface area contributed by atoms with Crippen molar-refractivity contribution >= 4 is 17.7 Å². The van der Waals surface area contributed by atoms with Crippen molar-refractivity contribution in [2.45, 2.75) is 13.5 Å². The van der Waals surface area contributed by atoms with Gasteiger partial charge in [-0.3, -0.25) is 19.8 Å². The minimum Gasteiger partial charge on any atom is -0.493 e. The van der Waals surface area contributed by atoms with Crippen molar-refractivity contribution in [2.75, 3.05) is 39.9 Å². The Bertz CT molecular complexity index is 952. The molecule has 0 atom stereocenters. The number of amides is 1. The van der Waals surface area contributed by atoms with Crippen molar-refractivity contribution in [3.8, 4) is 11.5 Å². The average molecular weight is 425 g/mol. The molecular weight excluding hydrogens is 398 g/mol. The minimum atomic E-state index is -0.383. The van der Waals surface area contributed by atoms with Gasteiger partial charge in [0.25, 0.3) is 5.69 Å². The van der Waals surface area contributed by atoms with Crippen LogP contribution < -0.4 is 9.47 Å². The van der Waals surface area contributed by atoms with E-state index in [1.807, 2.05) is 36.1 Å². The highest BCUT2D eigenvalue weighted by Crippen LogP contribution is 2.28. The first kappa shape index (κ1) is 22.3. The fraction of sp³-hybridized carbons (Fsp3) is 0.348. The van der Waals surface area contributed by atoms with Gasteiger partial charge < -0.3 is 14.4 Å². The first-order chi connectivity index (χ1) is 15.0. The summed E-state index contributed by atoms with van der Waals surface area (Å²) in [5.74, 6) is 1.27. The van der Waals surface area contributed by atoms with Gasteiger partial charge in [-0.05, 0) is 36.3 Å². The van der Waals surface area contributed by atoms with E-state index < -0.39 is 0 Å². The molecule has 0 N–H and O–H groups in total. The summed E-state index contributed by atoms with van der Waals surface area (Å²) in [5.41, 5.74) is 1.86. The van der Waals surface area contributed by atoms with Crippen molar-refractivity contribution in [1.82, 2.24) is 9.80 Å². The van der Waals surface area contributed by atoms with Crippen molar-refractivity contribution in [3.63, 3.8) is 0 Å². The molecule has 0 bridgehead atoms. The van der Waals surface area contributed by atoms with E-state index in [1.165, 1.54) is 6.07 Å². The third-order valence-electron chi connectivity index (χ3n) is 5.12. The lowest BCUT2D eigenvalue weighted by Gasteiger charge is -2.34. The molecule has 8 nitrogen and oxygen atoms in total. The van der Waals surface area contributed by atoms with Crippen LogP contribution in [0.25, 0.3) is 6.08 Å². The van der Waals surface area contributed by atoms with Gasteiger partial charge in [-0.25, -0.2) is 0 Å². The van der Waals surface area contributed by atoms with Crippen molar-refractivity contribution in [3.05, 3.63) is 69.8 Å².